The second-order valence-corrected chi connectivity index (χ2v) is 8.76. The summed E-state index contributed by atoms with van der Waals surface area (Å²) in [5.41, 5.74) is 2.97. The van der Waals surface area contributed by atoms with Crippen LogP contribution in [0.15, 0.2) is 33.2 Å². The fraction of sp³-hybridized carbons (Fsp3) is 0.450. The number of benzene rings is 1. The van der Waals surface area contributed by atoms with Crippen molar-refractivity contribution in [3.8, 4) is 11.3 Å². The van der Waals surface area contributed by atoms with Crippen LogP contribution in [0, 0.1) is 5.82 Å². The number of nitrogens with zero attached hydrogens (tertiary/aromatic N) is 1. The molecule has 0 radical (unpaired) electrons. The van der Waals surface area contributed by atoms with Crippen molar-refractivity contribution < 1.29 is 19.0 Å². The summed E-state index contributed by atoms with van der Waals surface area (Å²) in [5, 5.41) is 9.84. The summed E-state index contributed by atoms with van der Waals surface area (Å²) >= 11 is 7.36. The molecule has 7 heteroatoms. The van der Waals surface area contributed by atoms with E-state index in [9.17, 15) is 14.3 Å². The third kappa shape index (κ3) is 4.46. The van der Waals surface area contributed by atoms with Crippen LogP contribution in [0.3, 0.4) is 0 Å². The number of hydrogen-bond acceptors (Lipinski definition) is 3. The van der Waals surface area contributed by atoms with Gasteiger partial charge in [0.1, 0.15) is 11.9 Å². The average Bonchev–Trinajstić information content (AvgIpc) is 2.84. The van der Waals surface area contributed by atoms with Crippen molar-refractivity contribution in [2.75, 3.05) is 0 Å². The molecular weight excluding hydrogens is 481 g/mol. The van der Waals surface area contributed by atoms with Crippen LogP contribution < -0.4 is 0 Å². The summed E-state index contributed by atoms with van der Waals surface area (Å²) in [6, 6.07) is 6.41. The number of halogens is 3. The SMILES string of the molecule is CC(C)c1c(Br)c(Br)c(-c2ccc(F)cc2)n1CC[C@@H]1C[C@@H](O)CC(=O)O1. The van der Waals surface area contributed by atoms with Gasteiger partial charge in [0.25, 0.3) is 0 Å². The summed E-state index contributed by atoms with van der Waals surface area (Å²) in [6.07, 6.45) is 0.181. The molecule has 1 saturated heterocycles. The number of esters is 1. The van der Waals surface area contributed by atoms with Gasteiger partial charge in [-0.25, -0.2) is 4.39 Å². The highest BCUT2D eigenvalue weighted by Crippen LogP contribution is 2.42. The molecule has 2 atom stereocenters. The van der Waals surface area contributed by atoms with Crippen molar-refractivity contribution in [3.05, 3.63) is 44.7 Å². The standard InChI is InChI=1S/C20H22Br2FNO3/c1-11(2)19-17(21)18(22)20(12-3-5-13(23)6-4-12)24(19)8-7-15-9-14(25)10-16(26)27-15/h3-6,11,14-15,25H,7-10H2,1-2H3/t14-,15-/m1/s1. The molecule has 1 aliphatic heterocycles. The van der Waals surface area contributed by atoms with E-state index in [1.54, 1.807) is 12.1 Å². The van der Waals surface area contributed by atoms with E-state index >= 15 is 0 Å². The van der Waals surface area contributed by atoms with E-state index in [0.717, 1.165) is 25.9 Å². The molecule has 1 aromatic carbocycles. The summed E-state index contributed by atoms with van der Waals surface area (Å²) in [7, 11) is 0. The van der Waals surface area contributed by atoms with E-state index in [1.165, 1.54) is 12.1 Å². The summed E-state index contributed by atoms with van der Waals surface area (Å²) in [4.78, 5) is 11.6. The topological polar surface area (TPSA) is 51.5 Å². The van der Waals surface area contributed by atoms with Crippen molar-refractivity contribution in [2.45, 2.75) is 57.8 Å². The third-order valence-corrected chi connectivity index (χ3v) is 6.87. The van der Waals surface area contributed by atoms with Crippen LogP contribution in [0.25, 0.3) is 11.3 Å². The lowest BCUT2D eigenvalue weighted by Crippen LogP contribution is -2.33. The van der Waals surface area contributed by atoms with Crippen LogP contribution in [0.4, 0.5) is 4.39 Å². The zero-order valence-electron chi connectivity index (χ0n) is 15.2. The molecular formula is C20H22Br2FNO3. The Bertz CT molecular complexity index is 833. The van der Waals surface area contributed by atoms with Crippen molar-refractivity contribution >= 4 is 37.8 Å². The number of aliphatic hydroxyl groups excluding tert-OH is 1. The minimum atomic E-state index is -0.638. The summed E-state index contributed by atoms with van der Waals surface area (Å²) in [5.74, 6) is -0.375. The minimum absolute atomic E-state index is 0.0647. The molecule has 1 aromatic heterocycles. The maximum atomic E-state index is 13.4. The van der Waals surface area contributed by atoms with E-state index < -0.39 is 6.10 Å². The molecule has 0 bridgehead atoms. The number of aliphatic hydroxyl groups is 1. The Morgan fingerprint density at radius 1 is 1.26 bits per heavy atom. The van der Waals surface area contributed by atoms with Gasteiger partial charge in [0, 0.05) is 25.1 Å². The van der Waals surface area contributed by atoms with Crippen molar-refractivity contribution in [2.24, 2.45) is 0 Å². The molecule has 2 aromatic rings. The maximum Gasteiger partial charge on any atom is 0.308 e. The first-order valence-electron chi connectivity index (χ1n) is 8.98. The Morgan fingerprint density at radius 3 is 2.52 bits per heavy atom. The van der Waals surface area contributed by atoms with Gasteiger partial charge in [0.05, 0.1) is 27.2 Å². The molecule has 1 N–H and O–H groups in total. The van der Waals surface area contributed by atoms with Crippen molar-refractivity contribution in [3.63, 3.8) is 0 Å². The highest BCUT2D eigenvalue weighted by atomic mass is 79.9. The smallest absolute Gasteiger partial charge is 0.308 e. The third-order valence-electron chi connectivity index (χ3n) is 4.76. The zero-order valence-corrected chi connectivity index (χ0v) is 18.4. The fourth-order valence-corrected chi connectivity index (χ4v) is 5.08. The number of ether oxygens (including phenoxy) is 1. The van der Waals surface area contributed by atoms with Crippen LogP contribution in [-0.2, 0) is 16.1 Å². The highest BCUT2D eigenvalue weighted by Gasteiger charge is 2.28. The van der Waals surface area contributed by atoms with Gasteiger partial charge in [-0.15, -0.1) is 0 Å². The molecule has 4 nitrogen and oxygen atoms in total. The highest BCUT2D eigenvalue weighted by molar-refractivity contribution is 9.13. The number of cyclic esters (lactones) is 1. The largest absolute Gasteiger partial charge is 0.462 e. The molecule has 0 aliphatic carbocycles. The molecule has 0 saturated carbocycles. The van der Waals surface area contributed by atoms with E-state index in [1.807, 2.05) is 0 Å². The molecule has 1 fully saturated rings. The Morgan fingerprint density at radius 2 is 1.93 bits per heavy atom. The Hall–Kier alpha value is -1.18. The molecule has 1 aliphatic rings. The molecule has 27 heavy (non-hydrogen) atoms. The van der Waals surface area contributed by atoms with Gasteiger partial charge in [-0.2, -0.15) is 0 Å². The monoisotopic (exact) mass is 501 g/mol. The predicted octanol–water partition coefficient (Wildman–Crippen LogP) is 5.40. The summed E-state index contributed by atoms with van der Waals surface area (Å²) < 4.78 is 22.8. The van der Waals surface area contributed by atoms with E-state index in [4.69, 9.17) is 4.74 Å². The van der Waals surface area contributed by atoms with Gasteiger partial charge in [-0.3, -0.25) is 4.79 Å². The van der Waals surface area contributed by atoms with E-state index in [-0.39, 0.29) is 30.2 Å². The maximum absolute atomic E-state index is 13.4. The number of carbonyl (C=O) groups is 1. The lowest BCUT2D eigenvalue weighted by molar-refractivity contribution is -0.160. The first-order chi connectivity index (χ1) is 12.8. The lowest BCUT2D eigenvalue weighted by atomic mass is 10.0. The second kappa shape index (κ2) is 8.45. The Balaban J connectivity index is 1.95. The minimum Gasteiger partial charge on any atom is -0.462 e. The van der Waals surface area contributed by atoms with Gasteiger partial charge < -0.3 is 14.4 Å². The lowest BCUT2D eigenvalue weighted by Gasteiger charge is -2.27. The molecule has 3 rings (SSSR count). The first-order valence-corrected chi connectivity index (χ1v) is 10.6. The van der Waals surface area contributed by atoms with Gasteiger partial charge in [0.2, 0.25) is 0 Å². The quantitative estimate of drug-likeness (QED) is 0.557. The average molecular weight is 503 g/mol. The number of hydrogen-bond donors (Lipinski definition) is 1. The van der Waals surface area contributed by atoms with Crippen LogP contribution in [0.5, 0.6) is 0 Å². The molecule has 0 spiro atoms. The zero-order chi connectivity index (χ0) is 19.7. The molecule has 146 valence electrons. The van der Waals surface area contributed by atoms with Crippen LogP contribution in [0.1, 0.15) is 44.7 Å². The number of aromatic nitrogens is 1. The normalized spacial score (nSPS) is 20.2. The predicted molar refractivity (Wildman–Crippen MR) is 109 cm³/mol. The Labute approximate surface area is 175 Å². The van der Waals surface area contributed by atoms with Crippen molar-refractivity contribution in [1.82, 2.24) is 4.57 Å². The fourth-order valence-electron chi connectivity index (χ4n) is 3.57. The van der Waals surface area contributed by atoms with E-state index in [0.29, 0.717) is 19.4 Å². The van der Waals surface area contributed by atoms with Gasteiger partial charge >= 0.3 is 5.97 Å². The van der Waals surface area contributed by atoms with Gasteiger partial charge in [-0.1, -0.05) is 13.8 Å². The number of rotatable bonds is 5. The van der Waals surface area contributed by atoms with Crippen LogP contribution >= 0.6 is 31.9 Å². The molecule has 2 heterocycles. The summed E-state index contributed by atoms with van der Waals surface area (Å²) in [6.45, 7) is 4.85. The van der Waals surface area contributed by atoms with Gasteiger partial charge in [-0.05, 0) is 67.6 Å². The van der Waals surface area contributed by atoms with Gasteiger partial charge in [0.15, 0.2) is 0 Å². The molecule has 0 unspecified atom stereocenters. The van der Waals surface area contributed by atoms with Crippen LogP contribution in [-0.4, -0.2) is 27.9 Å². The second-order valence-electron chi connectivity index (χ2n) is 7.17. The van der Waals surface area contributed by atoms with Crippen LogP contribution in [0.2, 0.25) is 0 Å². The first kappa shape index (κ1) is 20.6. The molecule has 0 amide bonds. The Kier molecular flexibility index (Phi) is 6.43. The van der Waals surface area contributed by atoms with Crippen molar-refractivity contribution in [1.29, 1.82) is 0 Å². The number of carbonyl (C=O) groups excluding carboxylic acids is 1. The van der Waals surface area contributed by atoms with E-state index in [2.05, 4.69) is 50.3 Å².